The van der Waals surface area contributed by atoms with Crippen molar-refractivity contribution in [2.24, 2.45) is 0 Å². The number of pyridine rings is 1. The topological polar surface area (TPSA) is 50.7 Å². The van der Waals surface area contributed by atoms with Gasteiger partial charge in [-0.3, -0.25) is 4.98 Å². The molecule has 0 bridgehead atoms. The van der Waals surface area contributed by atoms with E-state index in [2.05, 4.69) is 20.5 Å². The molecule has 0 spiro atoms. The number of halogens is 1. The Labute approximate surface area is 170 Å². The highest BCUT2D eigenvalue weighted by atomic mass is 19.1. The van der Waals surface area contributed by atoms with E-state index in [9.17, 15) is 4.39 Å². The van der Waals surface area contributed by atoms with Crippen molar-refractivity contribution in [1.29, 1.82) is 0 Å². The van der Waals surface area contributed by atoms with Gasteiger partial charge in [0.2, 0.25) is 0 Å². The molecule has 2 heterocycles. The summed E-state index contributed by atoms with van der Waals surface area (Å²) < 4.78 is 13.1. The van der Waals surface area contributed by atoms with Crippen LogP contribution in [0.25, 0.3) is 10.8 Å². The minimum absolute atomic E-state index is 0.269. The quantitative estimate of drug-likeness (QED) is 0.432. The SMILES string of the molecule is C/C=C/C.Fc1ccc(Nc2nnc(Cc3ccncc3)c3ccccc23)cc1. The Bertz CT molecular complexity index is 1070. The van der Waals surface area contributed by atoms with Crippen LogP contribution >= 0.6 is 0 Å². The molecule has 5 heteroatoms. The Morgan fingerprint density at radius 1 is 0.828 bits per heavy atom. The van der Waals surface area contributed by atoms with E-state index in [1.54, 1.807) is 24.5 Å². The van der Waals surface area contributed by atoms with Gasteiger partial charge in [-0.1, -0.05) is 36.4 Å². The third kappa shape index (κ3) is 5.45. The fraction of sp³-hybridized carbons (Fsp3) is 0.125. The van der Waals surface area contributed by atoms with Gasteiger partial charge in [-0.15, -0.1) is 5.10 Å². The maximum atomic E-state index is 13.1. The summed E-state index contributed by atoms with van der Waals surface area (Å²) in [5.74, 6) is 0.384. The summed E-state index contributed by atoms with van der Waals surface area (Å²) in [6, 6.07) is 18.1. The summed E-state index contributed by atoms with van der Waals surface area (Å²) >= 11 is 0. The normalized spacial score (nSPS) is 10.6. The highest BCUT2D eigenvalue weighted by Crippen LogP contribution is 2.26. The second-order valence-electron chi connectivity index (χ2n) is 6.37. The van der Waals surface area contributed by atoms with Crippen molar-refractivity contribution in [2.75, 3.05) is 5.32 Å². The number of hydrogen-bond acceptors (Lipinski definition) is 4. The number of anilines is 2. The molecular formula is C24H23FN4. The van der Waals surface area contributed by atoms with Crippen LogP contribution in [0.15, 0.2) is 85.2 Å². The molecule has 0 fully saturated rings. The minimum Gasteiger partial charge on any atom is -0.338 e. The summed E-state index contributed by atoms with van der Waals surface area (Å²) in [6.07, 6.45) is 8.23. The summed E-state index contributed by atoms with van der Waals surface area (Å²) in [4.78, 5) is 4.04. The zero-order chi connectivity index (χ0) is 20.5. The van der Waals surface area contributed by atoms with Gasteiger partial charge in [-0.25, -0.2) is 4.39 Å². The lowest BCUT2D eigenvalue weighted by atomic mass is 10.0. The summed E-state index contributed by atoms with van der Waals surface area (Å²) in [6.45, 7) is 4.00. The molecule has 29 heavy (non-hydrogen) atoms. The van der Waals surface area contributed by atoms with Crippen LogP contribution in [-0.4, -0.2) is 15.2 Å². The average Bonchev–Trinajstić information content (AvgIpc) is 2.78. The molecule has 146 valence electrons. The average molecular weight is 386 g/mol. The van der Waals surface area contributed by atoms with Crippen LogP contribution in [0, 0.1) is 5.82 Å². The Morgan fingerprint density at radius 3 is 2.14 bits per heavy atom. The first-order valence-electron chi connectivity index (χ1n) is 9.44. The van der Waals surface area contributed by atoms with Crippen molar-refractivity contribution < 1.29 is 4.39 Å². The first-order valence-corrected chi connectivity index (χ1v) is 9.44. The van der Waals surface area contributed by atoms with Gasteiger partial charge in [0.05, 0.1) is 5.69 Å². The molecule has 2 aromatic carbocycles. The van der Waals surface area contributed by atoms with Crippen molar-refractivity contribution in [2.45, 2.75) is 20.3 Å². The summed E-state index contributed by atoms with van der Waals surface area (Å²) in [7, 11) is 0. The Balaban J connectivity index is 0.000000552. The van der Waals surface area contributed by atoms with Gasteiger partial charge in [0.1, 0.15) is 5.82 Å². The first kappa shape index (κ1) is 20.1. The third-order valence-corrected chi connectivity index (χ3v) is 4.33. The molecule has 2 aromatic heterocycles. The monoisotopic (exact) mass is 386 g/mol. The molecule has 0 saturated carbocycles. The Kier molecular flexibility index (Phi) is 7.00. The smallest absolute Gasteiger partial charge is 0.160 e. The van der Waals surface area contributed by atoms with E-state index >= 15 is 0 Å². The lowest BCUT2D eigenvalue weighted by Gasteiger charge is -2.11. The van der Waals surface area contributed by atoms with Crippen LogP contribution in [-0.2, 0) is 6.42 Å². The molecule has 4 aromatic rings. The number of nitrogens with one attached hydrogen (secondary N) is 1. The second kappa shape index (κ2) is 10.1. The van der Waals surface area contributed by atoms with Crippen LogP contribution in [0.2, 0.25) is 0 Å². The lowest BCUT2D eigenvalue weighted by molar-refractivity contribution is 0.628. The third-order valence-electron chi connectivity index (χ3n) is 4.33. The van der Waals surface area contributed by atoms with Crippen LogP contribution in [0.1, 0.15) is 25.1 Å². The van der Waals surface area contributed by atoms with Gasteiger partial charge in [0, 0.05) is 35.3 Å². The van der Waals surface area contributed by atoms with Gasteiger partial charge in [0.15, 0.2) is 5.82 Å². The zero-order valence-corrected chi connectivity index (χ0v) is 16.5. The number of benzene rings is 2. The molecule has 0 aliphatic carbocycles. The first-order chi connectivity index (χ1) is 14.2. The van der Waals surface area contributed by atoms with Crippen LogP contribution in [0.4, 0.5) is 15.9 Å². The maximum absolute atomic E-state index is 13.1. The highest BCUT2D eigenvalue weighted by molar-refractivity contribution is 5.94. The molecule has 4 nitrogen and oxygen atoms in total. The van der Waals surface area contributed by atoms with Crippen molar-refractivity contribution in [1.82, 2.24) is 15.2 Å². The molecule has 0 unspecified atom stereocenters. The summed E-state index contributed by atoms with van der Waals surface area (Å²) in [5, 5.41) is 14.0. The minimum atomic E-state index is -0.269. The second-order valence-corrected chi connectivity index (χ2v) is 6.37. The maximum Gasteiger partial charge on any atom is 0.160 e. The predicted molar refractivity (Wildman–Crippen MR) is 117 cm³/mol. The highest BCUT2D eigenvalue weighted by Gasteiger charge is 2.10. The molecule has 0 atom stereocenters. The molecule has 0 saturated heterocycles. The number of fused-ring (bicyclic) bond motifs is 1. The van der Waals surface area contributed by atoms with Crippen LogP contribution < -0.4 is 5.32 Å². The van der Waals surface area contributed by atoms with E-state index in [0.29, 0.717) is 12.2 Å². The number of rotatable bonds is 4. The van der Waals surface area contributed by atoms with E-state index in [4.69, 9.17) is 0 Å². The Morgan fingerprint density at radius 2 is 1.48 bits per heavy atom. The zero-order valence-electron chi connectivity index (χ0n) is 16.5. The van der Waals surface area contributed by atoms with Gasteiger partial charge < -0.3 is 5.32 Å². The molecule has 0 aliphatic heterocycles. The predicted octanol–water partition coefficient (Wildman–Crippen LogP) is 6.08. The number of nitrogens with zero attached hydrogens (tertiary/aromatic N) is 3. The fourth-order valence-electron chi connectivity index (χ4n) is 2.75. The van der Waals surface area contributed by atoms with Gasteiger partial charge in [-0.2, -0.15) is 5.10 Å². The number of aromatic nitrogens is 3. The molecule has 0 radical (unpaired) electrons. The Hall–Kier alpha value is -3.60. The van der Waals surface area contributed by atoms with E-state index in [-0.39, 0.29) is 5.82 Å². The van der Waals surface area contributed by atoms with Crippen molar-refractivity contribution in [3.05, 3.63) is 102 Å². The largest absolute Gasteiger partial charge is 0.338 e. The standard InChI is InChI=1S/C20H15FN4.C4H8/c21-15-5-7-16(8-6-15)23-20-18-4-2-1-3-17(18)19(24-25-20)13-14-9-11-22-12-10-14;1-3-4-2/h1-12H,13H2,(H,23,25);3-4H,1-2H3/b;4-3+. The summed E-state index contributed by atoms with van der Waals surface area (Å²) in [5.41, 5.74) is 2.81. The fourth-order valence-corrected chi connectivity index (χ4v) is 2.75. The van der Waals surface area contributed by atoms with Crippen LogP contribution in [0.3, 0.4) is 0 Å². The molecular weight excluding hydrogens is 363 g/mol. The van der Waals surface area contributed by atoms with Gasteiger partial charge in [0.25, 0.3) is 0 Å². The van der Waals surface area contributed by atoms with Gasteiger partial charge >= 0.3 is 0 Å². The van der Waals surface area contributed by atoms with Crippen LogP contribution in [0.5, 0.6) is 0 Å². The van der Waals surface area contributed by atoms with E-state index in [1.165, 1.54) is 12.1 Å². The van der Waals surface area contributed by atoms with E-state index in [1.807, 2.05) is 62.4 Å². The lowest BCUT2D eigenvalue weighted by Crippen LogP contribution is -2.02. The molecule has 0 aliphatic rings. The number of allylic oxidation sites excluding steroid dienone is 2. The number of hydrogen-bond donors (Lipinski definition) is 1. The molecule has 4 rings (SSSR count). The van der Waals surface area contributed by atoms with Crippen molar-refractivity contribution >= 4 is 22.3 Å². The molecule has 0 amide bonds. The van der Waals surface area contributed by atoms with Gasteiger partial charge in [-0.05, 0) is 55.8 Å². The van der Waals surface area contributed by atoms with Crippen molar-refractivity contribution in [3.63, 3.8) is 0 Å². The molecule has 1 N–H and O–H groups in total. The van der Waals surface area contributed by atoms with E-state index < -0.39 is 0 Å². The van der Waals surface area contributed by atoms with Crippen molar-refractivity contribution in [3.8, 4) is 0 Å². The van der Waals surface area contributed by atoms with E-state index in [0.717, 1.165) is 27.7 Å².